The van der Waals surface area contributed by atoms with E-state index in [1.807, 2.05) is 0 Å². The van der Waals surface area contributed by atoms with Gasteiger partial charge >= 0.3 is 11.9 Å². The van der Waals surface area contributed by atoms with Gasteiger partial charge in [-0.15, -0.1) is 11.3 Å². The van der Waals surface area contributed by atoms with Crippen LogP contribution in [0.4, 0.5) is 4.39 Å². The highest BCUT2D eigenvalue weighted by Gasteiger charge is 2.14. The molecule has 0 aliphatic heterocycles. The first kappa shape index (κ1) is 17.8. The Morgan fingerprint density at radius 1 is 0.923 bits per heavy atom. The molecule has 0 aliphatic carbocycles. The summed E-state index contributed by atoms with van der Waals surface area (Å²) in [6.07, 6.45) is 0. The number of halogens is 1. The van der Waals surface area contributed by atoms with Crippen molar-refractivity contribution in [2.45, 2.75) is 0 Å². The summed E-state index contributed by atoms with van der Waals surface area (Å²) in [5.41, 5.74) is 1.30. The highest BCUT2D eigenvalue weighted by Crippen LogP contribution is 2.24. The maximum Gasteiger partial charge on any atom is 0.357 e. The lowest BCUT2D eigenvalue weighted by Crippen LogP contribution is -2.14. The Hall–Kier alpha value is -3.06. The molecule has 0 N–H and O–H groups in total. The number of hydrogen-bond donors (Lipinski definition) is 0. The lowest BCUT2D eigenvalue weighted by molar-refractivity contribution is 0.0262. The van der Waals surface area contributed by atoms with Crippen molar-refractivity contribution in [1.82, 2.24) is 4.98 Å². The predicted octanol–water partition coefficient (Wildman–Crippen LogP) is 3.96. The van der Waals surface area contributed by atoms with E-state index in [1.54, 1.807) is 47.8 Å². The molecule has 0 amide bonds. The third-order valence-corrected chi connectivity index (χ3v) is 4.25. The second kappa shape index (κ2) is 8.35. The molecule has 0 spiro atoms. The van der Waals surface area contributed by atoms with Gasteiger partial charge in [0, 0.05) is 10.9 Å². The van der Waals surface area contributed by atoms with Gasteiger partial charge in [-0.05, 0) is 36.4 Å². The number of carbonyl (C=O) groups excluding carboxylic acids is 2. The van der Waals surface area contributed by atoms with Crippen LogP contribution in [0.5, 0.6) is 0 Å². The zero-order valence-corrected chi connectivity index (χ0v) is 14.4. The Morgan fingerprint density at radius 2 is 1.58 bits per heavy atom. The largest absolute Gasteiger partial charge is 0.458 e. The van der Waals surface area contributed by atoms with Gasteiger partial charge in [-0.25, -0.2) is 19.0 Å². The molecule has 2 aromatic carbocycles. The van der Waals surface area contributed by atoms with E-state index in [1.165, 1.54) is 23.5 Å². The normalized spacial score (nSPS) is 10.3. The minimum absolute atomic E-state index is 0.0472. The van der Waals surface area contributed by atoms with Crippen molar-refractivity contribution in [2.75, 3.05) is 13.2 Å². The van der Waals surface area contributed by atoms with Crippen molar-refractivity contribution in [1.29, 1.82) is 0 Å². The number of ether oxygens (including phenoxy) is 2. The van der Waals surface area contributed by atoms with Crippen LogP contribution in [0.1, 0.15) is 20.8 Å². The van der Waals surface area contributed by atoms with Crippen molar-refractivity contribution in [3.8, 4) is 10.6 Å². The molecule has 132 valence electrons. The van der Waals surface area contributed by atoms with Crippen LogP contribution in [0, 0.1) is 5.82 Å². The predicted molar refractivity (Wildman–Crippen MR) is 94.5 cm³/mol. The molecule has 3 rings (SSSR count). The van der Waals surface area contributed by atoms with E-state index in [-0.39, 0.29) is 24.7 Å². The number of carbonyl (C=O) groups is 2. The number of esters is 2. The molecule has 0 fully saturated rings. The van der Waals surface area contributed by atoms with Crippen molar-refractivity contribution < 1.29 is 23.5 Å². The number of nitrogens with zero attached hydrogens (tertiary/aromatic N) is 1. The molecule has 0 bridgehead atoms. The van der Waals surface area contributed by atoms with Crippen LogP contribution in [0.25, 0.3) is 10.6 Å². The maximum atomic E-state index is 12.9. The molecule has 0 atom stereocenters. The van der Waals surface area contributed by atoms with Crippen LogP contribution in [-0.4, -0.2) is 30.1 Å². The maximum absolute atomic E-state index is 12.9. The molecule has 0 saturated carbocycles. The quantitative estimate of drug-likeness (QED) is 0.485. The van der Waals surface area contributed by atoms with Crippen LogP contribution in [0.15, 0.2) is 60.0 Å². The highest BCUT2D eigenvalue weighted by molar-refractivity contribution is 7.13. The molecule has 1 heterocycles. The lowest BCUT2D eigenvalue weighted by atomic mass is 10.2. The average Bonchev–Trinajstić information content (AvgIpc) is 3.16. The molecule has 5 nitrogen and oxygen atoms in total. The molecule has 0 aliphatic rings. The fourth-order valence-electron chi connectivity index (χ4n) is 2.09. The first-order valence-electron chi connectivity index (χ1n) is 7.74. The molecule has 7 heteroatoms. The summed E-state index contributed by atoms with van der Waals surface area (Å²) >= 11 is 1.26. The van der Waals surface area contributed by atoms with E-state index in [2.05, 4.69) is 4.98 Å². The Balaban J connectivity index is 1.48. The van der Waals surface area contributed by atoms with Crippen LogP contribution in [0.3, 0.4) is 0 Å². The monoisotopic (exact) mass is 371 g/mol. The summed E-state index contributed by atoms with van der Waals surface area (Å²) < 4.78 is 23.0. The Morgan fingerprint density at radius 3 is 2.27 bits per heavy atom. The SMILES string of the molecule is O=C(OCCOC(=O)c1csc(-c2ccc(F)cc2)n1)c1ccccc1. The van der Waals surface area contributed by atoms with E-state index in [0.717, 1.165) is 0 Å². The van der Waals surface area contributed by atoms with Gasteiger partial charge in [0.05, 0.1) is 5.56 Å². The second-order valence-corrected chi connectivity index (χ2v) is 6.04. The fraction of sp³-hybridized carbons (Fsp3) is 0.105. The molecular formula is C19H14FNO4S. The van der Waals surface area contributed by atoms with Crippen molar-refractivity contribution >= 4 is 23.3 Å². The molecule has 0 unspecified atom stereocenters. The molecule has 0 radical (unpaired) electrons. The summed E-state index contributed by atoms with van der Waals surface area (Å²) in [6.45, 7) is -0.116. The summed E-state index contributed by atoms with van der Waals surface area (Å²) in [7, 11) is 0. The van der Waals surface area contributed by atoms with Crippen LogP contribution in [0.2, 0.25) is 0 Å². The summed E-state index contributed by atoms with van der Waals surface area (Å²) in [5, 5.41) is 2.16. The number of benzene rings is 2. The van der Waals surface area contributed by atoms with Gasteiger partial charge in [-0.1, -0.05) is 18.2 Å². The molecule has 26 heavy (non-hydrogen) atoms. The molecule has 3 aromatic rings. The topological polar surface area (TPSA) is 65.5 Å². The first-order valence-corrected chi connectivity index (χ1v) is 8.62. The fourth-order valence-corrected chi connectivity index (χ4v) is 2.89. The summed E-state index contributed by atoms with van der Waals surface area (Å²) in [4.78, 5) is 27.9. The summed E-state index contributed by atoms with van der Waals surface area (Å²) in [6, 6.07) is 14.4. The van der Waals surface area contributed by atoms with Crippen LogP contribution in [-0.2, 0) is 9.47 Å². The Kier molecular flexibility index (Phi) is 5.70. The minimum atomic E-state index is -0.606. The molecule has 0 saturated heterocycles. The van der Waals surface area contributed by atoms with Gasteiger partial charge in [0.1, 0.15) is 24.0 Å². The van der Waals surface area contributed by atoms with Crippen LogP contribution >= 0.6 is 11.3 Å². The second-order valence-electron chi connectivity index (χ2n) is 5.18. The van der Waals surface area contributed by atoms with Crippen molar-refractivity contribution in [3.05, 3.63) is 77.1 Å². The first-order chi connectivity index (χ1) is 12.6. The summed E-state index contributed by atoms with van der Waals surface area (Å²) in [5.74, 6) is -1.42. The van der Waals surface area contributed by atoms with Gasteiger partial charge in [-0.3, -0.25) is 0 Å². The minimum Gasteiger partial charge on any atom is -0.458 e. The van der Waals surface area contributed by atoms with E-state index in [0.29, 0.717) is 16.1 Å². The molecular weight excluding hydrogens is 357 g/mol. The van der Waals surface area contributed by atoms with Gasteiger partial charge in [0.25, 0.3) is 0 Å². The van der Waals surface area contributed by atoms with Crippen molar-refractivity contribution in [3.63, 3.8) is 0 Å². The Bertz CT molecular complexity index is 893. The van der Waals surface area contributed by atoms with E-state index in [9.17, 15) is 14.0 Å². The third kappa shape index (κ3) is 4.52. The number of aromatic nitrogens is 1. The third-order valence-electron chi connectivity index (χ3n) is 3.36. The molecule has 1 aromatic heterocycles. The van der Waals surface area contributed by atoms with Crippen molar-refractivity contribution in [2.24, 2.45) is 0 Å². The zero-order valence-electron chi connectivity index (χ0n) is 13.6. The number of hydrogen-bond acceptors (Lipinski definition) is 6. The highest BCUT2D eigenvalue weighted by atomic mass is 32.1. The lowest BCUT2D eigenvalue weighted by Gasteiger charge is -2.05. The number of rotatable bonds is 6. The van der Waals surface area contributed by atoms with E-state index in [4.69, 9.17) is 9.47 Å². The van der Waals surface area contributed by atoms with E-state index >= 15 is 0 Å². The van der Waals surface area contributed by atoms with Gasteiger partial charge in [-0.2, -0.15) is 0 Å². The van der Waals surface area contributed by atoms with Gasteiger partial charge in [0.15, 0.2) is 5.69 Å². The standard InChI is InChI=1S/C19H14FNO4S/c20-15-8-6-13(7-9-15)17-21-16(12-26-17)19(23)25-11-10-24-18(22)14-4-2-1-3-5-14/h1-9,12H,10-11H2. The van der Waals surface area contributed by atoms with E-state index < -0.39 is 11.9 Å². The Labute approximate surface area is 153 Å². The van der Waals surface area contributed by atoms with Gasteiger partial charge in [0.2, 0.25) is 0 Å². The van der Waals surface area contributed by atoms with Crippen LogP contribution < -0.4 is 0 Å². The number of thiazole rings is 1. The zero-order chi connectivity index (χ0) is 18.4. The average molecular weight is 371 g/mol. The smallest absolute Gasteiger partial charge is 0.357 e. The van der Waals surface area contributed by atoms with Gasteiger partial charge < -0.3 is 9.47 Å².